The third-order valence-electron chi connectivity index (χ3n) is 2.25. The maximum absolute atomic E-state index is 10.9. The first kappa shape index (κ1) is 8.53. The van der Waals surface area contributed by atoms with Gasteiger partial charge in [-0.05, 0) is 13.3 Å². The molecule has 3 heteroatoms. The van der Waals surface area contributed by atoms with Crippen molar-refractivity contribution in [2.24, 2.45) is 5.92 Å². The van der Waals surface area contributed by atoms with E-state index in [9.17, 15) is 4.79 Å². The van der Waals surface area contributed by atoms with Crippen molar-refractivity contribution >= 4 is 5.97 Å². The molecule has 1 aliphatic rings. The predicted octanol–water partition coefficient (Wildman–Crippen LogP) is 0.710. The van der Waals surface area contributed by atoms with Crippen molar-refractivity contribution in [2.45, 2.75) is 32.3 Å². The van der Waals surface area contributed by atoms with Gasteiger partial charge >= 0.3 is 5.97 Å². The number of esters is 1. The fraction of sp³-hybridized carbons (Fsp3) is 0.875. The third kappa shape index (κ3) is 1.25. The van der Waals surface area contributed by atoms with Gasteiger partial charge in [0.25, 0.3) is 0 Å². The number of cyclic esters (lactones) is 1. The van der Waals surface area contributed by atoms with Crippen LogP contribution in [0.4, 0.5) is 0 Å². The minimum atomic E-state index is -0.590. The van der Waals surface area contributed by atoms with Crippen molar-refractivity contribution in [1.82, 2.24) is 0 Å². The molecule has 1 aliphatic heterocycles. The Morgan fingerprint density at radius 3 is 2.73 bits per heavy atom. The zero-order chi connectivity index (χ0) is 8.48. The summed E-state index contributed by atoms with van der Waals surface area (Å²) >= 11 is 0. The van der Waals surface area contributed by atoms with Gasteiger partial charge in [-0.25, -0.2) is 0 Å². The van der Waals surface area contributed by atoms with Gasteiger partial charge in [-0.2, -0.15) is 0 Å². The van der Waals surface area contributed by atoms with E-state index >= 15 is 0 Å². The summed E-state index contributed by atoms with van der Waals surface area (Å²) in [6.45, 7) is 3.72. The molecule has 0 radical (unpaired) electrons. The molecule has 2 unspecified atom stereocenters. The monoisotopic (exact) mass is 158 g/mol. The molecule has 0 bridgehead atoms. The Morgan fingerprint density at radius 2 is 2.36 bits per heavy atom. The van der Waals surface area contributed by atoms with Gasteiger partial charge in [-0.15, -0.1) is 0 Å². The summed E-state index contributed by atoms with van der Waals surface area (Å²) < 4.78 is 4.85. The molecule has 2 atom stereocenters. The molecule has 1 rings (SSSR count). The van der Waals surface area contributed by atoms with Crippen molar-refractivity contribution in [3.8, 4) is 0 Å². The topological polar surface area (TPSA) is 46.5 Å². The first-order valence-electron chi connectivity index (χ1n) is 3.97. The number of aliphatic hydroxyl groups is 1. The minimum Gasteiger partial charge on any atom is -0.456 e. The highest BCUT2D eigenvalue weighted by Gasteiger charge is 2.51. The summed E-state index contributed by atoms with van der Waals surface area (Å²) in [6.07, 6.45) is 1.77. The first-order chi connectivity index (χ1) is 5.14. The summed E-state index contributed by atoms with van der Waals surface area (Å²) in [5.41, 5.74) is -0.590. The quantitative estimate of drug-likeness (QED) is 0.615. The largest absolute Gasteiger partial charge is 0.456 e. The van der Waals surface area contributed by atoms with Crippen molar-refractivity contribution in [2.75, 3.05) is 6.61 Å². The molecule has 0 spiro atoms. The Bertz CT molecular complexity index is 167. The number of ether oxygens (including phenoxy) is 1. The molecule has 1 N–H and O–H groups in total. The van der Waals surface area contributed by atoms with E-state index in [4.69, 9.17) is 9.84 Å². The average Bonchev–Trinajstić information content (AvgIpc) is 2.00. The van der Waals surface area contributed by atoms with E-state index in [1.54, 1.807) is 6.92 Å². The minimum absolute atomic E-state index is 0.0661. The van der Waals surface area contributed by atoms with Gasteiger partial charge in [0.15, 0.2) is 0 Å². The normalized spacial score (nSPS) is 36.3. The Kier molecular flexibility index (Phi) is 2.18. The summed E-state index contributed by atoms with van der Waals surface area (Å²) in [5.74, 6) is -0.249. The van der Waals surface area contributed by atoms with Crippen LogP contribution in [0.5, 0.6) is 0 Å². The Balaban J connectivity index is 2.53. The molecule has 0 aromatic carbocycles. The Morgan fingerprint density at radius 1 is 1.73 bits per heavy atom. The van der Waals surface area contributed by atoms with Crippen LogP contribution in [0.15, 0.2) is 0 Å². The highest BCUT2D eigenvalue weighted by atomic mass is 16.6. The zero-order valence-corrected chi connectivity index (χ0v) is 6.96. The number of rotatable bonds is 3. The summed E-state index contributed by atoms with van der Waals surface area (Å²) in [5, 5.41) is 8.88. The Labute approximate surface area is 66.4 Å². The Hall–Kier alpha value is -0.570. The molecule has 3 nitrogen and oxygen atoms in total. The van der Waals surface area contributed by atoms with E-state index in [1.807, 2.05) is 6.92 Å². The van der Waals surface area contributed by atoms with Crippen LogP contribution in [0.1, 0.15) is 26.7 Å². The third-order valence-corrected chi connectivity index (χ3v) is 2.25. The van der Waals surface area contributed by atoms with E-state index in [0.29, 0.717) is 0 Å². The van der Waals surface area contributed by atoms with Crippen molar-refractivity contribution in [3.63, 3.8) is 0 Å². The molecule has 0 saturated carbocycles. The second-order valence-electron chi connectivity index (χ2n) is 3.23. The lowest BCUT2D eigenvalue weighted by Crippen LogP contribution is -2.57. The van der Waals surface area contributed by atoms with E-state index < -0.39 is 5.60 Å². The SMILES string of the molecule is CCCC1C(=O)OC1(C)CO. The molecule has 64 valence electrons. The summed E-state index contributed by atoms with van der Waals surface area (Å²) in [7, 11) is 0. The van der Waals surface area contributed by atoms with Crippen LogP contribution in [0.2, 0.25) is 0 Å². The van der Waals surface area contributed by atoms with Crippen LogP contribution in [0, 0.1) is 5.92 Å². The zero-order valence-electron chi connectivity index (χ0n) is 6.96. The number of hydrogen-bond acceptors (Lipinski definition) is 3. The van der Waals surface area contributed by atoms with Crippen molar-refractivity contribution in [1.29, 1.82) is 0 Å². The maximum Gasteiger partial charge on any atom is 0.313 e. The molecule has 1 heterocycles. The molecule has 0 aliphatic carbocycles. The van der Waals surface area contributed by atoms with Gasteiger partial charge < -0.3 is 9.84 Å². The molecular formula is C8H14O3. The lowest BCUT2D eigenvalue weighted by atomic mass is 9.81. The molecule has 0 aromatic heterocycles. The van der Waals surface area contributed by atoms with E-state index in [0.717, 1.165) is 12.8 Å². The maximum atomic E-state index is 10.9. The molecular weight excluding hydrogens is 144 g/mol. The average molecular weight is 158 g/mol. The number of carbonyl (C=O) groups excluding carboxylic acids is 1. The number of carbonyl (C=O) groups is 1. The molecule has 1 fully saturated rings. The lowest BCUT2D eigenvalue weighted by Gasteiger charge is -2.43. The standard InChI is InChI=1S/C8H14O3/c1-3-4-6-7(10)11-8(6,2)5-9/h6,9H,3-5H2,1-2H3. The van der Waals surface area contributed by atoms with Crippen LogP contribution in [0.25, 0.3) is 0 Å². The molecule has 1 saturated heterocycles. The second kappa shape index (κ2) is 2.81. The van der Waals surface area contributed by atoms with Crippen LogP contribution in [-0.2, 0) is 9.53 Å². The van der Waals surface area contributed by atoms with Gasteiger partial charge in [-0.1, -0.05) is 13.3 Å². The fourth-order valence-electron chi connectivity index (χ4n) is 1.42. The molecule has 0 amide bonds. The van der Waals surface area contributed by atoms with Gasteiger partial charge in [0.2, 0.25) is 0 Å². The van der Waals surface area contributed by atoms with Gasteiger partial charge in [0, 0.05) is 0 Å². The van der Waals surface area contributed by atoms with E-state index in [2.05, 4.69) is 0 Å². The van der Waals surface area contributed by atoms with Crippen LogP contribution in [0.3, 0.4) is 0 Å². The molecule has 11 heavy (non-hydrogen) atoms. The van der Waals surface area contributed by atoms with E-state index in [1.165, 1.54) is 0 Å². The number of aliphatic hydroxyl groups excluding tert-OH is 1. The summed E-state index contributed by atoms with van der Waals surface area (Å²) in [4.78, 5) is 10.9. The highest BCUT2D eigenvalue weighted by Crippen LogP contribution is 2.36. The van der Waals surface area contributed by atoms with Crippen molar-refractivity contribution < 1.29 is 14.6 Å². The van der Waals surface area contributed by atoms with Crippen LogP contribution >= 0.6 is 0 Å². The fourth-order valence-corrected chi connectivity index (χ4v) is 1.42. The van der Waals surface area contributed by atoms with E-state index in [-0.39, 0.29) is 18.5 Å². The predicted molar refractivity (Wildman–Crippen MR) is 40.0 cm³/mol. The summed E-state index contributed by atoms with van der Waals surface area (Å²) in [6, 6.07) is 0. The van der Waals surface area contributed by atoms with Gasteiger partial charge in [-0.3, -0.25) is 4.79 Å². The van der Waals surface area contributed by atoms with Crippen molar-refractivity contribution in [3.05, 3.63) is 0 Å². The molecule has 0 aromatic rings. The number of hydrogen-bond donors (Lipinski definition) is 1. The first-order valence-corrected chi connectivity index (χ1v) is 3.97. The second-order valence-corrected chi connectivity index (χ2v) is 3.23. The highest BCUT2D eigenvalue weighted by molar-refractivity contribution is 5.80. The smallest absolute Gasteiger partial charge is 0.313 e. The van der Waals surface area contributed by atoms with Gasteiger partial charge in [0.05, 0.1) is 12.5 Å². The lowest BCUT2D eigenvalue weighted by molar-refractivity contribution is -0.217. The van der Waals surface area contributed by atoms with Crippen LogP contribution in [-0.4, -0.2) is 23.3 Å². The van der Waals surface area contributed by atoms with Crippen LogP contribution < -0.4 is 0 Å². The van der Waals surface area contributed by atoms with Gasteiger partial charge in [0.1, 0.15) is 5.60 Å².